The molecule has 3 heterocycles. The number of unbranched alkanes of at least 4 members (excludes halogenated alkanes) is 1. The number of carbonyl (C=O) groups excluding carboxylic acids is 5. The number of carbonyl (C=O) groups is 5. The lowest BCUT2D eigenvalue weighted by Gasteiger charge is -2.16. The number of ether oxygens (including phenoxy) is 3. The molecule has 3 aliphatic rings. The van der Waals surface area contributed by atoms with E-state index in [-0.39, 0.29) is 42.9 Å². The van der Waals surface area contributed by atoms with E-state index in [0.717, 1.165) is 29.9 Å². The first kappa shape index (κ1) is 30.9. The van der Waals surface area contributed by atoms with Crippen LogP contribution < -0.4 is 21.3 Å². The van der Waals surface area contributed by atoms with Gasteiger partial charge in [0.2, 0.25) is 11.8 Å². The van der Waals surface area contributed by atoms with Crippen molar-refractivity contribution in [2.24, 2.45) is 0 Å². The summed E-state index contributed by atoms with van der Waals surface area (Å²) >= 11 is 1.89. The van der Waals surface area contributed by atoms with Crippen LogP contribution in [0.15, 0.2) is 12.2 Å². The number of amides is 6. The maximum Gasteiger partial charge on any atom is 0.315 e. The van der Waals surface area contributed by atoms with E-state index in [9.17, 15) is 24.0 Å². The first-order valence-corrected chi connectivity index (χ1v) is 14.5. The average molecular weight is 570 g/mol. The summed E-state index contributed by atoms with van der Waals surface area (Å²) in [5.74, 6) is -0.0896. The lowest BCUT2D eigenvalue weighted by molar-refractivity contribution is -0.137. The molecule has 3 atom stereocenters. The summed E-state index contributed by atoms with van der Waals surface area (Å²) in [6, 6.07) is 0.376. The molecule has 6 amide bonds. The highest BCUT2D eigenvalue weighted by Gasteiger charge is 2.42. The van der Waals surface area contributed by atoms with Crippen molar-refractivity contribution in [1.82, 2.24) is 26.2 Å². The van der Waals surface area contributed by atoms with Crippen molar-refractivity contribution in [3.8, 4) is 0 Å². The third kappa shape index (κ3) is 11.1. The van der Waals surface area contributed by atoms with Gasteiger partial charge in [0.05, 0.1) is 51.7 Å². The predicted molar refractivity (Wildman–Crippen MR) is 143 cm³/mol. The summed E-state index contributed by atoms with van der Waals surface area (Å²) in [6.45, 7) is 3.16. The second kappa shape index (κ2) is 17.1. The Labute approximate surface area is 232 Å². The molecule has 3 aliphatic heterocycles. The fraction of sp³-hybridized carbons (Fsp3) is 0.720. The zero-order valence-electron chi connectivity index (χ0n) is 22.1. The molecule has 0 radical (unpaired) electrons. The van der Waals surface area contributed by atoms with Gasteiger partial charge in [0.15, 0.2) is 0 Å². The summed E-state index contributed by atoms with van der Waals surface area (Å²) in [7, 11) is 0. The Kier molecular flexibility index (Phi) is 13.5. The molecular formula is C25H39N5O8S. The summed E-state index contributed by atoms with van der Waals surface area (Å²) in [6.07, 6.45) is 5.70. The number of nitrogens with one attached hydrogen (secondary N) is 4. The van der Waals surface area contributed by atoms with Crippen LogP contribution in [0.1, 0.15) is 32.1 Å². The Morgan fingerprint density at radius 3 is 2.08 bits per heavy atom. The lowest BCUT2D eigenvalue weighted by Crippen LogP contribution is -2.36. The minimum atomic E-state index is -0.400. The molecule has 0 spiro atoms. The minimum Gasteiger partial charge on any atom is -0.377 e. The summed E-state index contributed by atoms with van der Waals surface area (Å²) < 4.78 is 16.2. The minimum absolute atomic E-state index is 0.0186. The van der Waals surface area contributed by atoms with Crippen LogP contribution in [-0.4, -0.2) is 117 Å². The molecule has 13 nitrogen and oxygen atoms in total. The molecule has 0 aromatic carbocycles. The molecule has 3 rings (SSSR count). The second-order valence-electron chi connectivity index (χ2n) is 9.32. The van der Waals surface area contributed by atoms with Crippen LogP contribution in [0.4, 0.5) is 4.79 Å². The highest BCUT2D eigenvalue weighted by Crippen LogP contribution is 2.33. The Bertz CT molecular complexity index is 871. The molecule has 0 aromatic heterocycles. The molecule has 0 saturated carbocycles. The number of imide groups is 1. The largest absolute Gasteiger partial charge is 0.377 e. The van der Waals surface area contributed by atoms with Crippen LogP contribution >= 0.6 is 11.8 Å². The molecule has 14 heteroatoms. The van der Waals surface area contributed by atoms with Crippen LogP contribution in [0.3, 0.4) is 0 Å². The Morgan fingerprint density at radius 2 is 1.44 bits per heavy atom. The molecule has 4 N–H and O–H groups in total. The molecule has 0 aromatic rings. The summed E-state index contributed by atoms with van der Waals surface area (Å²) in [5.41, 5.74) is 0. The Morgan fingerprint density at radius 1 is 0.846 bits per heavy atom. The number of rotatable bonds is 20. The van der Waals surface area contributed by atoms with Crippen molar-refractivity contribution in [1.29, 1.82) is 0 Å². The second-order valence-corrected chi connectivity index (χ2v) is 10.6. The number of nitrogens with zero attached hydrogens (tertiary/aromatic N) is 1. The van der Waals surface area contributed by atoms with Crippen LogP contribution in [0.2, 0.25) is 0 Å². The third-order valence-electron chi connectivity index (χ3n) is 6.42. The van der Waals surface area contributed by atoms with Gasteiger partial charge in [-0.05, 0) is 12.8 Å². The highest BCUT2D eigenvalue weighted by atomic mass is 32.2. The quantitative estimate of drug-likeness (QED) is 0.0844. The lowest BCUT2D eigenvalue weighted by atomic mass is 10.0. The van der Waals surface area contributed by atoms with Crippen LogP contribution in [0.25, 0.3) is 0 Å². The third-order valence-corrected chi connectivity index (χ3v) is 7.93. The van der Waals surface area contributed by atoms with Gasteiger partial charge in [-0.2, -0.15) is 11.8 Å². The SMILES string of the molecule is O=C(CCCC[C@@H]1SC[C@H]2NC(=O)N[C@H]12)NCCOCCOCCOCCNC(=O)CCN1C(=O)C=CC1=O. The monoisotopic (exact) mass is 569 g/mol. The summed E-state index contributed by atoms with van der Waals surface area (Å²) in [4.78, 5) is 59.0. The van der Waals surface area contributed by atoms with Gasteiger partial charge in [-0.1, -0.05) is 6.42 Å². The zero-order valence-corrected chi connectivity index (χ0v) is 22.9. The molecule has 0 unspecified atom stereocenters. The van der Waals surface area contributed by atoms with Crippen LogP contribution in [0.5, 0.6) is 0 Å². The number of thioether (sulfide) groups is 1. The molecule has 0 bridgehead atoms. The molecule has 2 fully saturated rings. The Hall–Kier alpha value is -2.68. The van der Waals surface area contributed by atoms with E-state index in [1.54, 1.807) is 0 Å². The first-order chi connectivity index (χ1) is 18.9. The first-order valence-electron chi connectivity index (χ1n) is 13.4. The predicted octanol–water partition coefficient (Wildman–Crippen LogP) is -0.690. The van der Waals surface area contributed by atoms with Gasteiger partial charge >= 0.3 is 6.03 Å². The van der Waals surface area contributed by atoms with Gasteiger partial charge in [-0.25, -0.2) is 4.79 Å². The fourth-order valence-corrected chi connectivity index (χ4v) is 5.93. The van der Waals surface area contributed by atoms with E-state index < -0.39 is 11.8 Å². The van der Waals surface area contributed by atoms with E-state index in [1.165, 1.54) is 12.2 Å². The van der Waals surface area contributed by atoms with E-state index in [2.05, 4.69) is 21.3 Å². The van der Waals surface area contributed by atoms with E-state index in [4.69, 9.17) is 14.2 Å². The van der Waals surface area contributed by atoms with Gasteiger partial charge < -0.3 is 35.5 Å². The van der Waals surface area contributed by atoms with Crippen LogP contribution in [0, 0.1) is 0 Å². The van der Waals surface area contributed by atoms with Gasteiger partial charge in [0.25, 0.3) is 11.8 Å². The van der Waals surface area contributed by atoms with Crippen LogP contribution in [-0.2, 0) is 33.4 Å². The number of hydrogen-bond donors (Lipinski definition) is 4. The average Bonchev–Trinajstić information content (AvgIpc) is 3.57. The molecular weight excluding hydrogens is 530 g/mol. The van der Waals surface area contributed by atoms with Crippen molar-refractivity contribution in [3.63, 3.8) is 0 Å². The Balaban J connectivity index is 1.02. The maximum atomic E-state index is 12.0. The van der Waals surface area contributed by atoms with Crippen molar-refractivity contribution in [3.05, 3.63) is 12.2 Å². The van der Waals surface area contributed by atoms with Crippen molar-refractivity contribution in [2.75, 3.05) is 65.0 Å². The summed E-state index contributed by atoms with van der Waals surface area (Å²) in [5, 5.41) is 11.9. The van der Waals surface area contributed by atoms with Gasteiger partial charge in [0.1, 0.15) is 0 Å². The van der Waals surface area contributed by atoms with Gasteiger partial charge in [-0.15, -0.1) is 0 Å². The topological polar surface area (TPSA) is 164 Å². The highest BCUT2D eigenvalue weighted by molar-refractivity contribution is 8.00. The normalized spacial score (nSPS) is 21.7. The smallest absolute Gasteiger partial charge is 0.315 e. The van der Waals surface area contributed by atoms with Crippen molar-refractivity contribution in [2.45, 2.75) is 49.4 Å². The zero-order chi connectivity index (χ0) is 27.9. The number of hydrogen-bond acceptors (Lipinski definition) is 9. The molecule has 0 aliphatic carbocycles. The van der Waals surface area contributed by atoms with Gasteiger partial charge in [0, 0.05) is 55.6 Å². The van der Waals surface area contributed by atoms with Gasteiger partial charge in [-0.3, -0.25) is 24.1 Å². The van der Waals surface area contributed by atoms with E-state index >= 15 is 0 Å². The standard InChI is InChI=1S/C25H39N5O8S/c31-20(4-2-1-3-19-24-18(17-39-19)28-25(35)29-24)26-8-11-36-13-15-38-16-14-37-12-9-27-21(32)7-10-30-22(33)5-6-23(30)34/h5-6,18-19,24H,1-4,7-17H2,(H,26,31)(H,27,32)(H2,28,29,35)/t18-,19+,24+/m1/s1. The number of urea groups is 1. The molecule has 39 heavy (non-hydrogen) atoms. The molecule has 218 valence electrons. The fourth-order valence-electron chi connectivity index (χ4n) is 4.38. The van der Waals surface area contributed by atoms with E-state index in [1.807, 2.05) is 11.8 Å². The van der Waals surface area contributed by atoms with Crippen molar-refractivity contribution < 1.29 is 38.2 Å². The molecule has 2 saturated heterocycles. The maximum absolute atomic E-state index is 12.0. The number of fused-ring (bicyclic) bond motifs is 1. The van der Waals surface area contributed by atoms with Crippen molar-refractivity contribution >= 4 is 41.4 Å². The van der Waals surface area contributed by atoms with E-state index in [0.29, 0.717) is 64.4 Å².